The second-order valence-corrected chi connectivity index (χ2v) is 7.93. The van der Waals surface area contributed by atoms with E-state index in [0.717, 1.165) is 74.5 Å². The van der Waals surface area contributed by atoms with E-state index in [-0.39, 0.29) is 11.7 Å². The normalized spacial score (nSPS) is 19.6. The Balaban J connectivity index is 1.60. The summed E-state index contributed by atoms with van der Waals surface area (Å²) >= 11 is 0. The number of fused-ring (bicyclic) bond motifs is 1. The van der Waals surface area contributed by atoms with E-state index in [1.165, 1.54) is 0 Å². The minimum Gasteiger partial charge on any atom is -0.380 e. The Morgan fingerprint density at radius 2 is 2.07 bits per heavy atom. The lowest BCUT2D eigenvalue weighted by atomic mass is 10.1. The van der Waals surface area contributed by atoms with E-state index >= 15 is 0 Å². The van der Waals surface area contributed by atoms with Crippen LogP contribution in [0.2, 0.25) is 0 Å². The molecule has 2 saturated heterocycles. The maximum Gasteiger partial charge on any atom is 0.255 e. The molecule has 1 atom stereocenters. The number of morpholine rings is 1. The standard InChI is InChI=1S/C23H33N3O4/c1-2-28-13-9-26-22-15-20(25-7-11-29-12-8-25)6-5-18(22)14-19(23(26)27)16-24-17-21-4-3-10-30-21/h5-6,14-15,21,24H,2-4,7-13,16-17H2,1H3. The molecule has 1 aromatic heterocycles. The molecule has 0 saturated carbocycles. The van der Waals surface area contributed by atoms with Gasteiger partial charge in [0.15, 0.2) is 0 Å². The lowest BCUT2D eigenvalue weighted by Gasteiger charge is -2.29. The second-order valence-electron chi connectivity index (χ2n) is 7.93. The van der Waals surface area contributed by atoms with E-state index in [9.17, 15) is 4.79 Å². The molecule has 0 aliphatic carbocycles. The number of benzene rings is 1. The minimum atomic E-state index is 0.0566. The number of nitrogens with zero attached hydrogens (tertiary/aromatic N) is 2. The maximum absolute atomic E-state index is 13.3. The summed E-state index contributed by atoms with van der Waals surface area (Å²) < 4.78 is 18.6. The van der Waals surface area contributed by atoms with Crippen molar-refractivity contribution in [2.24, 2.45) is 0 Å². The predicted molar refractivity (Wildman–Crippen MR) is 118 cm³/mol. The molecule has 0 bridgehead atoms. The molecule has 1 aromatic carbocycles. The van der Waals surface area contributed by atoms with Gasteiger partial charge in [-0.2, -0.15) is 0 Å². The molecule has 1 N–H and O–H groups in total. The van der Waals surface area contributed by atoms with Crippen molar-refractivity contribution in [3.05, 3.63) is 40.2 Å². The van der Waals surface area contributed by atoms with Gasteiger partial charge in [0.05, 0.1) is 31.4 Å². The first-order chi connectivity index (χ1) is 14.8. The largest absolute Gasteiger partial charge is 0.380 e. The van der Waals surface area contributed by atoms with Crippen molar-refractivity contribution in [2.75, 3.05) is 57.6 Å². The minimum absolute atomic E-state index is 0.0566. The number of hydrogen-bond donors (Lipinski definition) is 1. The van der Waals surface area contributed by atoms with Gasteiger partial charge in [-0.1, -0.05) is 6.07 Å². The fourth-order valence-corrected chi connectivity index (χ4v) is 4.26. The van der Waals surface area contributed by atoms with Crippen LogP contribution in [0.5, 0.6) is 0 Å². The SMILES string of the molecule is CCOCCn1c(=O)c(CNCC2CCCO2)cc2ccc(N3CCOCC3)cc21. The molecule has 0 spiro atoms. The van der Waals surface area contributed by atoms with E-state index < -0.39 is 0 Å². The van der Waals surface area contributed by atoms with E-state index in [1.54, 1.807) is 0 Å². The zero-order valence-corrected chi connectivity index (χ0v) is 17.9. The van der Waals surface area contributed by atoms with Crippen molar-refractivity contribution in [3.63, 3.8) is 0 Å². The molecule has 2 aliphatic heterocycles. The molecule has 0 radical (unpaired) electrons. The van der Waals surface area contributed by atoms with Crippen LogP contribution in [0.1, 0.15) is 25.3 Å². The molecule has 2 aromatic rings. The lowest BCUT2D eigenvalue weighted by molar-refractivity contribution is 0.110. The Labute approximate surface area is 177 Å². The van der Waals surface area contributed by atoms with Gasteiger partial charge >= 0.3 is 0 Å². The van der Waals surface area contributed by atoms with Crippen LogP contribution in [-0.2, 0) is 27.3 Å². The molecule has 2 fully saturated rings. The molecule has 7 heteroatoms. The van der Waals surface area contributed by atoms with Gasteiger partial charge in [0.1, 0.15) is 0 Å². The summed E-state index contributed by atoms with van der Waals surface area (Å²) in [5.74, 6) is 0. The molecule has 4 rings (SSSR count). The van der Waals surface area contributed by atoms with Crippen LogP contribution in [-0.4, -0.2) is 63.3 Å². The van der Waals surface area contributed by atoms with Crippen LogP contribution in [0.25, 0.3) is 10.9 Å². The third-order valence-corrected chi connectivity index (χ3v) is 5.91. The van der Waals surface area contributed by atoms with Gasteiger partial charge in [0, 0.05) is 57.2 Å². The van der Waals surface area contributed by atoms with Gasteiger partial charge in [0.2, 0.25) is 0 Å². The third-order valence-electron chi connectivity index (χ3n) is 5.91. The van der Waals surface area contributed by atoms with Crippen LogP contribution < -0.4 is 15.8 Å². The highest BCUT2D eigenvalue weighted by atomic mass is 16.5. The average Bonchev–Trinajstić information content (AvgIpc) is 3.30. The summed E-state index contributed by atoms with van der Waals surface area (Å²) in [5.41, 5.74) is 2.95. The highest BCUT2D eigenvalue weighted by Crippen LogP contribution is 2.23. The smallest absolute Gasteiger partial charge is 0.255 e. The monoisotopic (exact) mass is 415 g/mol. The maximum atomic E-state index is 13.3. The fraction of sp³-hybridized carbons (Fsp3) is 0.609. The van der Waals surface area contributed by atoms with Crippen molar-refractivity contribution in [2.45, 2.75) is 39.0 Å². The highest BCUT2D eigenvalue weighted by molar-refractivity contribution is 5.83. The second kappa shape index (κ2) is 10.4. The van der Waals surface area contributed by atoms with Gasteiger partial charge in [-0.3, -0.25) is 4.79 Å². The van der Waals surface area contributed by atoms with Crippen molar-refractivity contribution in [1.82, 2.24) is 9.88 Å². The first-order valence-electron chi connectivity index (χ1n) is 11.2. The van der Waals surface area contributed by atoms with Gasteiger partial charge in [-0.25, -0.2) is 0 Å². The number of hydrogen-bond acceptors (Lipinski definition) is 6. The van der Waals surface area contributed by atoms with Gasteiger partial charge in [0.25, 0.3) is 5.56 Å². The first-order valence-corrected chi connectivity index (χ1v) is 11.2. The molecular formula is C23H33N3O4. The summed E-state index contributed by atoms with van der Waals surface area (Å²) in [5, 5.41) is 4.50. The van der Waals surface area contributed by atoms with Crippen molar-refractivity contribution >= 4 is 16.6 Å². The summed E-state index contributed by atoms with van der Waals surface area (Å²) in [6.07, 6.45) is 2.48. The molecular weight excluding hydrogens is 382 g/mol. The molecule has 30 heavy (non-hydrogen) atoms. The quantitative estimate of drug-likeness (QED) is 0.633. The Morgan fingerprint density at radius 1 is 1.20 bits per heavy atom. The number of anilines is 1. The van der Waals surface area contributed by atoms with Crippen molar-refractivity contribution < 1.29 is 14.2 Å². The molecule has 2 aliphatic rings. The number of rotatable bonds is 9. The molecule has 3 heterocycles. The summed E-state index contributed by atoms with van der Waals surface area (Å²) in [7, 11) is 0. The number of nitrogens with one attached hydrogen (secondary N) is 1. The summed E-state index contributed by atoms with van der Waals surface area (Å²) in [6.45, 7) is 9.11. The third kappa shape index (κ3) is 5.03. The lowest BCUT2D eigenvalue weighted by Crippen LogP contribution is -2.36. The summed E-state index contributed by atoms with van der Waals surface area (Å²) in [4.78, 5) is 15.6. The molecule has 1 unspecified atom stereocenters. The Hall–Kier alpha value is -1.93. The number of pyridine rings is 1. The van der Waals surface area contributed by atoms with Crippen LogP contribution in [0.3, 0.4) is 0 Å². The molecule has 164 valence electrons. The average molecular weight is 416 g/mol. The first kappa shape index (κ1) is 21.3. The van der Waals surface area contributed by atoms with Gasteiger partial charge < -0.3 is 29.0 Å². The van der Waals surface area contributed by atoms with Crippen molar-refractivity contribution in [3.8, 4) is 0 Å². The van der Waals surface area contributed by atoms with Crippen LogP contribution in [0, 0.1) is 0 Å². The van der Waals surface area contributed by atoms with E-state index in [1.807, 2.05) is 17.6 Å². The Kier molecular flexibility index (Phi) is 7.38. The van der Waals surface area contributed by atoms with E-state index in [2.05, 4.69) is 28.4 Å². The highest BCUT2D eigenvalue weighted by Gasteiger charge is 2.17. The van der Waals surface area contributed by atoms with Crippen molar-refractivity contribution in [1.29, 1.82) is 0 Å². The zero-order valence-electron chi connectivity index (χ0n) is 17.9. The zero-order chi connectivity index (χ0) is 20.8. The van der Waals surface area contributed by atoms with Gasteiger partial charge in [-0.15, -0.1) is 0 Å². The number of ether oxygens (including phenoxy) is 3. The topological polar surface area (TPSA) is 65.0 Å². The Bertz CT molecular complexity index is 886. The summed E-state index contributed by atoms with van der Waals surface area (Å²) in [6, 6.07) is 8.44. The Morgan fingerprint density at radius 3 is 2.83 bits per heavy atom. The molecule has 7 nitrogen and oxygen atoms in total. The van der Waals surface area contributed by atoms with Crippen LogP contribution in [0.15, 0.2) is 29.1 Å². The fourth-order valence-electron chi connectivity index (χ4n) is 4.26. The van der Waals surface area contributed by atoms with E-state index in [0.29, 0.717) is 26.3 Å². The van der Waals surface area contributed by atoms with E-state index in [4.69, 9.17) is 14.2 Å². The van der Waals surface area contributed by atoms with Gasteiger partial charge in [-0.05, 0) is 43.4 Å². The molecule has 0 amide bonds. The van der Waals surface area contributed by atoms with Crippen LogP contribution >= 0.6 is 0 Å². The predicted octanol–water partition coefficient (Wildman–Crippen LogP) is 2.14. The van der Waals surface area contributed by atoms with Crippen LogP contribution in [0.4, 0.5) is 5.69 Å². The number of aromatic nitrogens is 1.